The van der Waals surface area contributed by atoms with Crippen LogP contribution in [0.15, 0.2) is 0 Å². The van der Waals surface area contributed by atoms with Crippen molar-refractivity contribution in [2.45, 2.75) is 116 Å². The van der Waals surface area contributed by atoms with Gasteiger partial charge in [-0.2, -0.15) is 0 Å². The van der Waals surface area contributed by atoms with E-state index in [1.165, 1.54) is 19.3 Å². The Hall–Kier alpha value is -0.490. The van der Waals surface area contributed by atoms with Crippen molar-refractivity contribution in [3.8, 4) is 0 Å². The van der Waals surface area contributed by atoms with E-state index in [4.69, 9.17) is 0 Å². The highest BCUT2D eigenvalue weighted by molar-refractivity contribution is 5.90. The second-order valence-electron chi connectivity index (χ2n) is 12.9. The highest BCUT2D eigenvalue weighted by Gasteiger charge is 2.72. The van der Waals surface area contributed by atoms with Crippen LogP contribution in [0.4, 0.5) is 0 Å². The van der Waals surface area contributed by atoms with Crippen LogP contribution in [0, 0.1) is 46.3 Å². The van der Waals surface area contributed by atoms with Crippen LogP contribution < -0.4 is 0 Å². The van der Waals surface area contributed by atoms with Crippen molar-refractivity contribution in [1.29, 1.82) is 0 Å². The van der Waals surface area contributed by atoms with Crippen LogP contribution in [0.25, 0.3) is 0 Å². The van der Waals surface area contributed by atoms with Gasteiger partial charge in [-0.3, -0.25) is 4.79 Å². The van der Waals surface area contributed by atoms with Gasteiger partial charge in [0.2, 0.25) is 0 Å². The summed E-state index contributed by atoms with van der Waals surface area (Å²) < 4.78 is 0. The van der Waals surface area contributed by atoms with Gasteiger partial charge >= 0.3 is 0 Å². The lowest BCUT2D eigenvalue weighted by Crippen LogP contribution is -2.73. The maximum Gasteiger partial charge on any atom is 0.165 e. The summed E-state index contributed by atoms with van der Waals surface area (Å²) >= 11 is 0. The molecule has 0 aromatic carbocycles. The molecule has 4 aliphatic carbocycles. The number of Topliss-reactive ketones (excluding diaryl/α,β-unsaturated/α-hetero) is 1. The monoisotopic (exact) mass is 450 g/mol. The van der Waals surface area contributed by atoms with Crippen LogP contribution in [0.1, 0.15) is 92.4 Å². The lowest BCUT2D eigenvalue weighted by Gasteiger charge is -2.65. The fourth-order valence-corrected chi connectivity index (χ4v) is 9.23. The number of hydrogen-bond acceptors (Lipinski definition) is 5. The summed E-state index contributed by atoms with van der Waals surface area (Å²) in [6, 6.07) is 0. The van der Waals surface area contributed by atoms with Gasteiger partial charge in [0.15, 0.2) is 5.78 Å². The molecule has 0 aliphatic heterocycles. The van der Waals surface area contributed by atoms with Gasteiger partial charge < -0.3 is 20.4 Å². The molecule has 4 aliphatic rings. The number of hydrogen-bond donors (Lipinski definition) is 4. The Bertz CT molecular complexity index is 723. The maximum atomic E-state index is 13.4. The van der Waals surface area contributed by atoms with E-state index in [1.807, 2.05) is 0 Å². The standard InChI is InChI=1S/C27H46O5/c1-15(2)7-6-8-16(3)19-9-10-20-18-12-23(31)27(32)13-17(28)11-22(30)26(27,5)24(18)21(29)14-25(19,20)4/h15-22,24,28-30,32H,6-14H2,1-5H3. The highest BCUT2D eigenvalue weighted by atomic mass is 16.3. The van der Waals surface area contributed by atoms with E-state index in [1.54, 1.807) is 6.92 Å². The number of fused-ring (bicyclic) bond motifs is 5. The number of rotatable bonds is 5. The number of aliphatic hydroxyl groups excluding tert-OH is 3. The minimum atomic E-state index is -1.76. The molecule has 0 aromatic rings. The summed E-state index contributed by atoms with van der Waals surface area (Å²) in [5, 5.41) is 44.4. The SMILES string of the molecule is CC(C)CCCC(C)C1CCC2C3CC(=O)C4(O)CC(O)CC(O)C4(C)C3C(O)CC12C. The summed E-state index contributed by atoms with van der Waals surface area (Å²) in [5.41, 5.74) is -2.89. The first-order valence-electron chi connectivity index (χ1n) is 13.2. The Labute approximate surface area is 194 Å². The minimum absolute atomic E-state index is 0.0109. The third-order valence-corrected chi connectivity index (χ3v) is 10.8. The molecule has 0 radical (unpaired) electrons. The van der Waals surface area contributed by atoms with Crippen molar-refractivity contribution >= 4 is 5.78 Å². The second-order valence-corrected chi connectivity index (χ2v) is 12.9. The first kappa shape index (κ1) is 24.6. The Morgan fingerprint density at radius 3 is 2.38 bits per heavy atom. The smallest absolute Gasteiger partial charge is 0.165 e. The van der Waals surface area contributed by atoms with Crippen molar-refractivity contribution in [2.24, 2.45) is 46.3 Å². The first-order valence-corrected chi connectivity index (χ1v) is 13.2. The van der Waals surface area contributed by atoms with Crippen LogP contribution >= 0.6 is 0 Å². The Kier molecular flexibility index (Phi) is 6.40. The van der Waals surface area contributed by atoms with Gasteiger partial charge in [0, 0.05) is 24.7 Å². The fourth-order valence-electron chi connectivity index (χ4n) is 9.23. The largest absolute Gasteiger partial charge is 0.393 e. The van der Waals surface area contributed by atoms with E-state index in [0.717, 1.165) is 18.8 Å². The lowest BCUT2D eigenvalue weighted by atomic mass is 9.41. The van der Waals surface area contributed by atoms with Crippen LogP contribution in [0.2, 0.25) is 0 Å². The molecule has 4 saturated carbocycles. The molecule has 4 N–H and O–H groups in total. The van der Waals surface area contributed by atoms with Crippen molar-refractivity contribution in [2.75, 3.05) is 0 Å². The van der Waals surface area contributed by atoms with Crippen LogP contribution in [0.5, 0.6) is 0 Å². The van der Waals surface area contributed by atoms with E-state index < -0.39 is 29.3 Å². The van der Waals surface area contributed by atoms with Gasteiger partial charge in [-0.1, -0.05) is 53.9 Å². The molecular weight excluding hydrogens is 404 g/mol. The molecule has 4 fully saturated rings. The third-order valence-electron chi connectivity index (χ3n) is 10.8. The molecule has 0 aromatic heterocycles. The van der Waals surface area contributed by atoms with Gasteiger partial charge in [-0.05, 0) is 60.2 Å². The van der Waals surface area contributed by atoms with Crippen molar-refractivity contribution in [3.05, 3.63) is 0 Å². The summed E-state index contributed by atoms with van der Waals surface area (Å²) in [6.45, 7) is 11.1. The molecule has 11 atom stereocenters. The molecule has 5 heteroatoms. The summed E-state index contributed by atoms with van der Waals surface area (Å²) in [6.07, 6.45) is 4.39. The predicted octanol–water partition coefficient (Wildman–Crippen LogP) is 3.70. The molecule has 0 amide bonds. The molecule has 11 unspecified atom stereocenters. The molecular formula is C27H46O5. The van der Waals surface area contributed by atoms with Gasteiger partial charge in [-0.15, -0.1) is 0 Å². The number of ketones is 1. The van der Waals surface area contributed by atoms with E-state index in [0.29, 0.717) is 24.2 Å². The Morgan fingerprint density at radius 1 is 1.03 bits per heavy atom. The number of carbonyl (C=O) groups excluding carboxylic acids is 1. The van der Waals surface area contributed by atoms with Gasteiger partial charge in [0.05, 0.1) is 18.3 Å². The molecule has 0 spiro atoms. The lowest BCUT2D eigenvalue weighted by molar-refractivity contribution is -0.263. The van der Waals surface area contributed by atoms with Crippen molar-refractivity contribution in [1.82, 2.24) is 0 Å². The molecule has 0 saturated heterocycles. The molecule has 32 heavy (non-hydrogen) atoms. The summed E-state index contributed by atoms with van der Waals surface area (Å²) in [7, 11) is 0. The topological polar surface area (TPSA) is 98.0 Å². The summed E-state index contributed by atoms with van der Waals surface area (Å²) in [4.78, 5) is 13.4. The zero-order chi connectivity index (χ0) is 23.6. The van der Waals surface area contributed by atoms with E-state index in [-0.39, 0.29) is 42.3 Å². The molecule has 0 bridgehead atoms. The average molecular weight is 451 g/mol. The van der Waals surface area contributed by atoms with E-state index in [9.17, 15) is 25.2 Å². The fraction of sp³-hybridized carbons (Fsp3) is 0.963. The second kappa shape index (κ2) is 8.32. The van der Waals surface area contributed by atoms with Crippen LogP contribution in [0.3, 0.4) is 0 Å². The minimum Gasteiger partial charge on any atom is -0.393 e. The number of aliphatic hydroxyl groups is 4. The zero-order valence-electron chi connectivity index (χ0n) is 20.8. The van der Waals surface area contributed by atoms with Gasteiger partial charge in [0.1, 0.15) is 5.60 Å². The maximum absolute atomic E-state index is 13.4. The molecule has 184 valence electrons. The van der Waals surface area contributed by atoms with Crippen molar-refractivity contribution < 1.29 is 25.2 Å². The van der Waals surface area contributed by atoms with E-state index in [2.05, 4.69) is 27.7 Å². The number of carbonyl (C=O) groups is 1. The third kappa shape index (κ3) is 3.44. The Balaban J connectivity index is 1.62. The van der Waals surface area contributed by atoms with Crippen LogP contribution in [-0.2, 0) is 4.79 Å². The van der Waals surface area contributed by atoms with Gasteiger partial charge in [-0.25, -0.2) is 0 Å². The normalized spacial score (nSPS) is 51.8. The quantitative estimate of drug-likeness (QED) is 0.512. The van der Waals surface area contributed by atoms with Crippen molar-refractivity contribution in [3.63, 3.8) is 0 Å². The molecule has 4 rings (SSSR count). The first-order chi connectivity index (χ1) is 14.9. The average Bonchev–Trinajstić information content (AvgIpc) is 3.01. The van der Waals surface area contributed by atoms with Gasteiger partial charge in [0.25, 0.3) is 0 Å². The zero-order valence-corrected chi connectivity index (χ0v) is 20.8. The predicted molar refractivity (Wildman–Crippen MR) is 124 cm³/mol. The summed E-state index contributed by atoms with van der Waals surface area (Å²) in [5.74, 6) is 1.60. The van der Waals surface area contributed by atoms with Crippen LogP contribution in [-0.4, -0.2) is 50.1 Å². The molecule has 0 heterocycles. The Morgan fingerprint density at radius 2 is 1.72 bits per heavy atom. The molecule has 5 nitrogen and oxygen atoms in total. The highest BCUT2D eigenvalue weighted by Crippen LogP contribution is 2.68. The van der Waals surface area contributed by atoms with E-state index >= 15 is 0 Å².